The zero-order valence-electron chi connectivity index (χ0n) is 11.7. The maximum Gasteiger partial charge on any atom is 0.152 e. The van der Waals surface area contributed by atoms with Gasteiger partial charge in [-0.3, -0.25) is 4.79 Å². The van der Waals surface area contributed by atoms with E-state index in [9.17, 15) is 4.79 Å². The van der Waals surface area contributed by atoms with Gasteiger partial charge in [-0.25, -0.2) is 0 Å². The zero-order chi connectivity index (χ0) is 13.3. The minimum absolute atomic E-state index is 0.0939. The summed E-state index contributed by atoms with van der Waals surface area (Å²) in [5.41, 5.74) is 3.72. The van der Waals surface area contributed by atoms with Gasteiger partial charge in [0.05, 0.1) is 0 Å². The Balaban J connectivity index is 4.19. The van der Waals surface area contributed by atoms with Crippen molar-refractivity contribution in [2.75, 3.05) is 0 Å². The Morgan fingerprint density at radius 2 is 1.71 bits per heavy atom. The number of ketones is 1. The van der Waals surface area contributed by atoms with E-state index in [0.717, 1.165) is 18.4 Å². The molecule has 0 aromatic carbocycles. The summed E-state index contributed by atoms with van der Waals surface area (Å²) in [6.07, 6.45) is 12.2. The van der Waals surface area contributed by atoms with E-state index >= 15 is 0 Å². The summed E-state index contributed by atoms with van der Waals surface area (Å²) in [5, 5.41) is 0. The normalized spacial score (nSPS) is 13.0. The highest BCUT2D eigenvalue weighted by Crippen LogP contribution is 2.07. The van der Waals surface area contributed by atoms with Crippen LogP contribution in [0.1, 0.15) is 47.5 Å². The number of carbonyl (C=O) groups excluding carboxylic acids is 1. The third-order valence-electron chi connectivity index (χ3n) is 2.26. The molecule has 0 atom stereocenters. The van der Waals surface area contributed by atoms with E-state index in [1.165, 1.54) is 11.1 Å². The van der Waals surface area contributed by atoms with Crippen LogP contribution in [0.4, 0.5) is 0 Å². The number of allylic oxidation sites excluding steroid dienone is 8. The van der Waals surface area contributed by atoms with Crippen molar-refractivity contribution in [3.63, 3.8) is 0 Å². The van der Waals surface area contributed by atoms with Crippen LogP contribution in [0.3, 0.4) is 0 Å². The van der Waals surface area contributed by atoms with Crippen LogP contribution < -0.4 is 0 Å². The second kappa shape index (κ2) is 8.74. The summed E-state index contributed by atoms with van der Waals surface area (Å²) >= 11 is 0. The highest BCUT2D eigenvalue weighted by molar-refractivity contribution is 5.88. The Morgan fingerprint density at radius 3 is 2.24 bits per heavy atom. The van der Waals surface area contributed by atoms with Crippen LogP contribution in [0.25, 0.3) is 0 Å². The highest BCUT2D eigenvalue weighted by atomic mass is 16.1. The molecule has 0 rings (SSSR count). The lowest BCUT2D eigenvalue weighted by Crippen LogP contribution is -1.82. The van der Waals surface area contributed by atoms with Gasteiger partial charge in [0.2, 0.25) is 0 Å². The minimum Gasteiger partial charge on any atom is -0.295 e. The van der Waals surface area contributed by atoms with Gasteiger partial charge in [0.25, 0.3) is 0 Å². The van der Waals surface area contributed by atoms with Crippen molar-refractivity contribution in [3.05, 3.63) is 47.1 Å². The quantitative estimate of drug-likeness (QED) is 0.366. The second-order valence-corrected chi connectivity index (χ2v) is 4.69. The summed E-state index contributed by atoms with van der Waals surface area (Å²) in [6.45, 7) is 9.87. The third kappa shape index (κ3) is 10.9. The molecule has 0 aromatic heterocycles. The first-order valence-electron chi connectivity index (χ1n) is 6.08. The van der Waals surface area contributed by atoms with Crippen molar-refractivity contribution in [3.8, 4) is 0 Å². The fraction of sp³-hybridized carbons (Fsp3) is 0.438. The topological polar surface area (TPSA) is 17.1 Å². The molecule has 0 aliphatic rings. The van der Waals surface area contributed by atoms with Crippen LogP contribution in [0, 0.1) is 0 Å². The molecule has 0 aliphatic carbocycles. The monoisotopic (exact) mass is 232 g/mol. The molecule has 0 N–H and O–H groups in total. The second-order valence-electron chi connectivity index (χ2n) is 4.69. The molecule has 0 heterocycles. The molecule has 0 bridgehead atoms. The molecule has 0 unspecified atom stereocenters. The maximum atomic E-state index is 10.8. The van der Waals surface area contributed by atoms with E-state index < -0.39 is 0 Å². The van der Waals surface area contributed by atoms with Crippen LogP contribution >= 0.6 is 0 Å². The van der Waals surface area contributed by atoms with Gasteiger partial charge in [0, 0.05) is 0 Å². The molecule has 1 heteroatoms. The fourth-order valence-electron chi connectivity index (χ4n) is 1.40. The first-order valence-corrected chi connectivity index (χ1v) is 6.08. The van der Waals surface area contributed by atoms with E-state index in [-0.39, 0.29) is 5.78 Å². The lowest BCUT2D eigenvalue weighted by molar-refractivity contribution is -0.112. The van der Waals surface area contributed by atoms with Crippen LogP contribution in [0.2, 0.25) is 0 Å². The Morgan fingerprint density at radius 1 is 1.06 bits per heavy atom. The largest absolute Gasteiger partial charge is 0.295 e. The summed E-state index contributed by atoms with van der Waals surface area (Å²) in [7, 11) is 0. The number of hydrogen-bond acceptors (Lipinski definition) is 1. The maximum absolute atomic E-state index is 10.8. The van der Waals surface area contributed by atoms with E-state index in [1.807, 2.05) is 19.1 Å². The molecule has 0 spiro atoms. The van der Waals surface area contributed by atoms with Gasteiger partial charge in [0.1, 0.15) is 0 Å². The van der Waals surface area contributed by atoms with Gasteiger partial charge >= 0.3 is 0 Å². The minimum atomic E-state index is 0.0939. The summed E-state index contributed by atoms with van der Waals surface area (Å²) in [4.78, 5) is 10.8. The molecular weight excluding hydrogens is 208 g/mol. The molecule has 17 heavy (non-hydrogen) atoms. The van der Waals surface area contributed by atoms with Crippen molar-refractivity contribution in [2.24, 2.45) is 0 Å². The Labute approximate surface area is 106 Å². The Hall–Kier alpha value is -1.37. The number of rotatable bonds is 6. The molecule has 0 aliphatic heterocycles. The van der Waals surface area contributed by atoms with Crippen molar-refractivity contribution in [1.82, 2.24) is 0 Å². The number of carbonyl (C=O) groups is 1. The molecule has 0 saturated heterocycles. The van der Waals surface area contributed by atoms with Gasteiger partial charge in [-0.1, -0.05) is 35.5 Å². The average Bonchev–Trinajstić information content (AvgIpc) is 2.15. The molecule has 0 fully saturated rings. The predicted molar refractivity (Wildman–Crippen MR) is 76.0 cm³/mol. The van der Waals surface area contributed by atoms with E-state index in [4.69, 9.17) is 0 Å². The molecule has 94 valence electrons. The number of hydrogen-bond donors (Lipinski definition) is 0. The zero-order valence-corrected chi connectivity index (χ0v) is 11.7. The highest BCUT2D eigenvalue weighted by Gasteiger charge is 1.88. The van der Waals surface area contributed by atoms with Crippen LogP contribution in [-0.2, 0) is 4.79 Å². The predicted octanol–water partition coefficient (Wildman–Crippen LogP) is 4.77. The summed E-state index contributed by atoms with van der Waals surface area (Å²) in [5.74, 6) is 0.0939. The summed E-state index contributed by atoms with van der Waals surface area (Å²) < 4.78 is 0. The lowest BCUT2D eigenvalue weighted by atomic mass is 10.1. The SMILES string of the molecule is CC(=O)/C=C(C)/C=C/C=C(\C)CCC=C(C)C. The Bertz CT molecular complexity index is 361. The lowest BCUT2D eigenvalue weighted by Gasteiger charge is -1.96. The van der Waals surface area contributed by atoms with Crippen molar-refractivity contribution < 1.29 is 4.79 Å². The first kappa shape index (κ1) is 15.6. The van der Waals surface area contributed by atoms with E-state index in [0.29, 0.717) is 0 Å². The van der Waals surface area contributed by atoms with Gasteiger partial charge in [-0.05, 0) is 59.1 Å². The van der Waals surface area contributed by atoms with E-state index in [2.05, 4.69) is 32.9 Å². The molecule has 0 aromatic rings. The van der Waals surface area contributed by atoms with Crippen LogP contribution in [-0.4, -0.2) is 5.78 Å². The van der Waals surface area contributed by atoms with Crippen molar-refractivity contribution >= 4 is 5.78 Å². The van der Waals surface area contributed by atoms with Crippen LogP contribution in [0.15, 0.2) is 47.1 Å². The molecule has 0 amide bonds. The van der Waals surface area contributed by atoms with Crippen LogP contribution in [0.5, 0.6) is 0 Å². The molecular formula is C16H24O. The molecule has 0 saturated carbocycles. The Kier molecular flexibility index (Phi) is 8.04. The smallest absolute Gasteiger partial charge is 0.152 e. The van der Waals surface area contributed by atoms with Gasteiger partial charge in [0.15, 0.2) is 5.78 Å². The van der Waals surface area contributed by atoms with Crippen molar-refractivity contribution in [2.45, 2.75) is 47.5 Å². The van der Waals surface area contributed by atoms with Crippen molar-refractivity contribution in [1.29, 1.82) is 0 Å². The third-order valence-corrected chi connectivity index (χ3v) is 2.26. The van der Waals surface area contributed by atoms with E-state index in [1.54, 1.807) is 13.0 Å². The summed E-state index contributed by atoms with van der Waals surface area (Å²) in [6, 6.07) is 0. The van der Waals surface area contributed by atoms with Gasteiger partial charge in [-0.2, -0.15) is 0 Å². The fourth-order valence-corrected chi connectivity index (χ4v) is 1.40. The molecule has 0 radical (unpaired) electrons. The first-order chi connectivity index (χ1) is 7.91. The van der Waals surface area contributed by atoms with Gasteiger partial charge < -0.3 is 0 Å². The standard InChI is InChI=1S/C16H24O/c1-13(2)8-6-9-14(3)10-7-11-15(4)12-16(5)17/h7-8,10-12H,6,9H2,1-5H3/b11-7+,14-10+,15-12+. The van der Waals surface area contributed by atoms with Gasteiger partial charge in [-0.15, -0.1) is 0 Å². The average molecular weight is 232 g/mol. The molecule has 1 nitrogen and oxygen atoms in total.